The SMILES string of the molecule is Cc1ccc(CN(C)C(=O)c2ccc(NC(=O)CSc3nncn3C)cc2)o1. The normalized spacial score (nSPS) is 10.7. The molecule has 0 fully saturated rings. The first-order valence-corrected chi connectivity index (χ1v) is 9.58. The molecule has 0 radical (unpaired) electrons. The molecular weight excluding hydrogens is 378 g/mol. The smallest absolute Gasteiger partial charge is 0.254 e. The van der Waals surface area contributed by atoms with Crippen LogP contribution in [0.2, 0.25) is 0 Å². The molecule has 0 bridgehead atoms. The fourth-order valence-corrected chi connectivity index (χ4v) is 3.21. The van der Waals surface area contributed by atoms with Gasteiger partial charge >= 0.3 is 0 Å². The van der Waals surface area contributed by atoms with E-state index in [2.05, 4.69) is 15.5 Å². The highest BCUT2D eigenvalue weighted by molar-refractivity contribution is 7.99. The molecule has 2 aromatic heterocycles. The topological polar surface area (TPSA) is 93.3 Å². The van der Waals surface area contributed by atoms with Crippen LogP contribution in [0.3, 0.4) is 0 Å². The number of carbonyl (C=O) groups excluding carboxylic acids is 2. The molecule has 3 aromatic rings. The molecule has 0 spiro atoms. The Morgan fingerprint density at radius 1 is 1.21 bits per heavy atom. The van der Waals surface area contributed by atoms with E-state index in [1.807, 2.05) is 26.1 Å². The summed E-state index contributed by atoms with van der Waals surface area (Å²) in [5.41, 5.74) is 1.17. The van der Waals surface area contributed by atoms with Crippen molar-refractivity contribution in [1.82, 2.24) is 19.7 Å². The minimum absolute atomic E-state index is 0.121. The van der Waals surface area contributed by atoms with Crippen molar-refractivity contribution in [3.05, 3.63) is 59.8 Å². The molecule has 9 heteroatoms. The zero-order chi connectivity index (χ0) is 20.1. The lowest BCUT2D eigenvalue weighted by molar-refractivity contribution is -0.113. The Morgan fingerprint density at radius 3 is 2.57 bits per heavy atom. The Balaban J connectivity index is 1.52. The fourth-order valence-electron chi connectivity index (χ4n) is 2.52. The second kappa shape index (κ2) is 8.75. The van der Waals surface area contributed by atoms with Crippen molar-refractivity contribution < 1.29 is 14.0 Å². The maximum atomic E-state index is 12.5. The molecular formula is C19H21N5O3S. The monoisotopic (exact) mass is 399 g/mol. The summed E-state index contributed by atoms with van der Waals surface area (Å²) in [5.74, 6) is 1.49. The Labute approximate surface area is 166 Å². The zero-order valence-corrected chi connectivity index (χ0v) is 16.7. The first kappa shape index (κ1) is 19.7. The number of nitrogens with zero attached hydrogens (tertiary/aromatic N) is 4. The number of aromatic nitrogens is 3. The Hall–Kier alpha value is -3.07. The zero-order valence-electron chi connectivity index (χ0n) is 15.9. The summed E-state index contributed by atoms with van der Waals surface area (Å²) >= 11 is 1.30. The summed E-state index contributed by atoms with van der Waals surface area (Å²) in [6.07, 6.45) is 1.58. The van der Waals surface area contributed by atoms with E-state index >= 15 is 0 Å². The molecule has 0 aliphatic rings. The van der Waals surface area contributed by atoms with Crippen molar-refractivity contribution in [3.8, 4) is 0 Å². The molecule has 1 aromatic carbocycles. The predicted molar refractivity (Wildman–Crippen MR) is 106 cm³/mol. The highest BCUT2D eigenvalue weighted by Crippen LogP contribution is 2.16. The molecule has 0 aliphatic heterocycles. The van der Waals surface area contributed by atoms with Gasteiger partial charge in [-0.1, -0.05) is 11.8 Å². The van der Waals surface area contributed by atoms with Gasteiger partial charge in [0.05, 0.1) is 12.3 Å². The van der Waals surface area contributed by atoms with Crippen LogP contribution in [-0.4, -0.2) is 44.3 Å². The third-order valence-electron chi connectivity index (χ3n) is 3.95. The molecule has 2 heterocycles. The number of furan rings is 1. The van der Waals surface area contributed by atoms with Gasteiger partial charge in [-0.3, -0.25) is 9.59 Å². The molecule has 0 unspecified atom stereocenters. The summed E-state index contributed by atoms with van der Waals surface area (Å²) in [7, 11) is 3.54. The summed E-state index contributed by atoms with van der Waals surface area (Å²) < 4.78 is 7.26. The van der Waals surface area contributed by atoms with Gasteiger partial charge < -0.3 is 19.2 Å². The van der Waals surface area contributed by atoms with E-state index in [1.165, 1.54) is 11.8 Å². The van der Waals surface area contributed by atoms with E-state index in [9.17, 15) is 9.59 Å². The number of benzene rings is 1. The van der Waals surface area contributed by atoms with Crippen LogP contribution in [0.5, 0.6) is 0 Å². The number of rotatable bonds is 7. The van der Waals surface area contributed by atoms with Gasteiger partial charge in [-0.25, -0.2) is 0 Å². The molecule has 0 aliphatic carbocycles. The van der Waals surface area contributed by atoms with Crippen LogP contribution in [0.1, 0.15) is 21.9 Å². The first-order chi connectivity index (χ1) is 13.4. The van der Waals surface area contributed by atoms with E-state index in [0.29, 0.717) is 23.0 Å². The molecule has 146 valence electrons. The molecule has 1 N–H and O–H groups in total. The van der Waals surface area contributed by atoms with Crippen LogP contribution in [0.15, 0.2) is 52.3 Å². The highest BCUT2D eigenvalue weighted by Gasteiger charge is 2.14. The van der Waals surface area contributed by atoms with Crippen LogP contribution in [-0.2, 0) is 18.4 Å². The summed E-state index contributed by atoms with van der Waals surface area (Å²) in [6, 6.07) is 10.5. The number of hydrogen-bond acceptors (Lipinski definition) is 6. The molecule has 0 saturated carbocycles. The van der Waals surface area contributed by atoms with Crippen LogP contribution in [0.25, 0.3) is 0 Å². The van der Waals surface area contributed by atoms with Gasteiger partial charge in [0.15, 0.2) is 5.16 Å². The van der Waals surface area contributed by atoms with Crippen molar-refractivity contribution in [2.24, 2.45) is 7.05 Å². The molecule has 28 heavy (non-hydrogen) atoms. The minimum Gasteiger partial charge on any atom is -0.464 e. The van der Waals surface area contributed by atoms with Gasteiger partial charge in [0, 0.05) is 25.3 Å². The quantitative estimate of drug-likeness (QED) is 0.614. The van der Waals surface area contributed by atoms with Crippen LogP contribution < -0.4 is 5.32 Å². The lowest BCUT2D eigenvalue weighted by Crippen LogP contribution is -2.26. The number of anilines is 1. The summed E-state index contributed by atoms with van der Waals surface area (Å²) in [4.78, 5) is 26.2. The van der Waals surface area contributed by atoms with Gasteiger partial charge in [0.2, 0.25) is 5.91 Å². The van der Waals surface area contributed by atoms with E-state index < -0.39 is 0 Å². The number of thioether (sulfide) groups is 1. The number of nitrogens with one attached hydrogen (secondary N) is 1. The van der Waals surface area contributed by atoms with Gasteiger partial charge in [-0.05, 0) is 43.3 Å². The Morgan fingerprint density at radius 2 is 1.96 bits per heavy atom. The van der Waals surface area contributed by atoms with Gasteiger partial charge in [0.1, 0.15) is 17.8 Å². The standard InChI is InChI=1S/C19H21N5O3S/c1-13-4-9-16(27-13)10-23(2)18(26)14-5-7-15(8-6-14)21-17(25)11-28-19-22-20-12-24(19)3/h4-9,12H,10-11H2,1-3H3,(H,21,25). The van der Waals surface area contributed by atoms with Crippen molar-refractivity contribution in [3.63, 3.8) is 0 Å². The average Bonchev–Trinajstić information content (AvgIpc) is 3.27. The summed E-state index contributed by atoms with van der Waals surface area (Å²) in [6.45, 7) is 2.26. The lowest BCUT2D eigenvalue weighted by Gasteiger charge is -2.16. The Bertz CT molecular complexity index is 964. The maximum absolute atomic E-state index is 12.5. The minimum atomic E-state index is -0.155. The number of aryl methyl sites for hydroxylation is 2. The lowest BCUT2D eigenvalue weighted by atomic mass is 10.2. The Kier molecular flexibility index (Phi) is 6.15. The molecule has 8 nitrogen and oxygen atoms in total. The third-order valence-corrected chi connectivity index (χ3v) is 4.99. The fraction of sp³-hybridized carbons (Fsp3) is 0.263. The van der Waals surface area contributed by atoms with Crippen LogP contribution >= 0.6 is 11.8 Å². The maximum Gasteiger partial charge on any atom is 0.254 e. The average molecular weight is 399 g/mol. The third kappa shape index (κ3) is 5.01. The molecule has 3 rings (SSSR count). The van der Waals surface area contributed by atoms with Gasteiger partial charge in [-0.15, -0.1) is 10.2 Å². The van der Waals surface area contributed by atoms with E-state index in [4.69, 9.17) is 4.42 Å². The molecule has 0 saturated heterocycles. The van der Waals surface area contributed by atoms with Gasteiger partial charge in [-0.2, -0.15) is 0 Å². The molecule has 0 atom stereocenters. The highest BCUT2D eigenvalue weighted by atomic mass is 32.2. The second-order valence-corrected chi connectivity index (χ2v) is 7.25. The van der Waals surface area contributed by atoms with Crippen molar-refractivity contribution in [2.45, 2.75) is 18.6 Å². The van der Waals surface area contributed by atoms with Crippen LogP contribution in [0, 0.1) is 6.92 Å². The van der Waals surface area contributed by atoms with E-state index in [-0.39, 0.29) is 17.6 Å². The van der Waals surface area contributed by atoms with Crippen molar-refractivity contribution in [2.75, 3.05) is 18.1 Å². The van der Waals surface area contributed by atoms with Crippen molar-refractivity contribution in [1.29, 1.82) is 0 Å². The first-order valence-electron chi connectivity index (χ1n) is 8.60. The predicted octanol–water partition coefficient (Wildman–Crippen LogP) is 2.72. The number of hydrogen-bond donors (Lipinski definition) is 1. The number of amides is 2. The van der Waals surface area contributed by atoms with Crippen LogP contribution in [0.4, 0.5) is 5.69 Å². The second-order valence-electron chi connectivity index (χ2n) is 6.31. The van der Waals surface area contributed by atoms with Crippen molar-refractivity contribution >= 4 is 29.3 Å². The molecule has 2 amide bonds. The summed E-state index contributed by atoms with van der Waals surface area (Å²) in [5, 5.41) is 11.2. The van der Waals surface area contributed by atoms with Gasteiger partial charge in [0.25, 0.3) is 5.91 Å². The van der Waals surface area contributed by atoms with E-state index in [0.717, 1.165) is 11.5 Å². The largest absolute Gasteiger partial charge is 0.464 e. The van der Waals surface area contributed by atoms with E-state index in [1.54, 1.807) is 47.1 Å². The number of carbonyl (C=O) groups is 2.